The van der Waals surface area contributed by atoms with Gasteiger partial charge in [0.25, 0.3) is 5.91 Å². The molecule has 0 aliphatic carbocycles. The van der Waals surface area contributed by atoms with Crippen LogP contribution in [-0.2, 0) is 17.9 Å². The highest BCUT2D eigenvalue weighted by Gasteiger charge is 2.02. The smallest absolute Gasteiger partial charge is 0.258 e. The molecule has 0 radical (unpaired) electrons. The Hall–Kier alpha value is -2.34. The number of nitrogens with zero attached hydrogens (tertiary/aromatic N) is 2. The van der Waals surface area contributed by atoms with Crippen molar-refractivity contribution < 1.29 is 9.53 Å². The average Bonchev–Trinajstić information content (AvgIpc) is 2.99. The fraction of sp³-hybridized carbons (Fsp3) is 0.286. The van der Waals surface area contributed by atoms with Crippen LogP contribution in [0.1, 0.15) is 5.56 Å². The maximum Gasteiger partial charge on any atom is 0.258 e. The minimum absolute atomic E-state index is 0.00107. The van der Waals surface area contributed by atoms with Gasteiger partial charge >= 0.3 is 0 Å². The van der Waals surface area contributed by atoms with Gasteiger partial charge in [-0.2, -0.15) is 5.10 Å². The van der Waals surface area contributed by atoms with Crippen molar-refractivity contribution in [2.24, 2.45) is 5.73 Å². The number of carbonyl (C=O) groups is 1. The summed E-state index contributed by atoms with van der Waals surface area (Å²) in [5, 5.41) is 6.82. The van der Waals surface area contributed by atoms with Crippen molar-refractivity contribution >= 4 is 5.91 Å². The molecule has 1 aromatic carbocycles. The zero-order valence-electron chi connectivity index (χ0n) is 11.2. The van der Waals surface area contributed by atoms with Crippen molar-refractivity contribution in [1.29, 1.82) is 0 Å². The molecule has 0 aliphatic heterocycles. The highest BCUT2D eigenvalue weighted by molar-refractivity contribution is 5.77. The van der Waals surface area contributed by atoms with Gasteiger partial charge in [-0.3, -0.25) is 9.48 Å². The summed E-state index contributed by atoms with van der Waals surface area (Å²) in [6.07, 6.45) is 3.55. The Morgan fingerprint density at radius 2 is 2.15 bits per heavy atom. The van der Waals surface area contributed by atoms with Gasteiger partial charge in [-0.05, 0) is 23.8 Å². The van der Waals surface area contributed by atoms with E-state index in [1.807, 2.05) is 24.4 Å². The lowest BCUT2D eigenvalue weighted by molar-refractivity contribution is -0.123. The number of carbonyl (C=O) groups excluding carboxylic acids is 1. The number of nitrogens with one attached hydrogen (secondary N) is 1. The summed E-state index contributed by atoms with van der Waals surface area (Å²) in [5.74, 6) is 0.504. The Labute approximate surface area is 117 Å². The first-order chi connectivity index (χ1) is 9.78. The van der Waals surface area contributed by atoms with E-state index >= 15 is 0 Å². The molecule has 0 saturated heterocycles. The summed E-state index contributed by atoms with van der Waals surface area (Å²) in [7, 11) is 0. The first-order valence-corrected chi connectivity index (χ1v) is 6.44. The predicted molar refractivity (Wildman–Crippen MR) is 75.1 cm³/mol. The van der Waals surface area contributed by atoms with E-state index < -0.39 is 0 Å². The molecule has 2 rings (SSSR count). The monoisotopic (exact) mass is 274 g/mol. The van der Waals surface area contributed by atoms with E-state index in [0.29, 0.717) is 25.4 Å². The van der Waals surface area contributed by atoms with Gasteiger partial charge in [0.05, 0.1) is 6.54 Å². The number of amides is 1. The summed E-state index contributed by atoms with van der Waals surface area (Å²) in [6, 6.07) is 9.21. The number of rotatable bonds is 7. The minimum atomic E-state index is -0.153. The van der Waals surface area contributed by atoms with Gasteiger partial charge in [0, 0.05) is 25.5 Å². The van der Waals surface area contributed by atoms with Crippen LogP contribution in [0.3, 0.4) is 0 Å². The largest absolute Gasteiger partial charge is 0.484 e. The van der Waals surface area contributed by atoms with E-state index in [2.05, 4.69) is 10.4 Å². The fourth-order valence-electron chi connectivity index (χ4n) is 1.66. The van der Waals surface area contributed by atoms with Crippen LogP contribution in [0.15, 0.2) is 42.7 Å². The molecular formula is C14H18N4O2. The van der Waals surface area contributed by atoms with E-state index in [9.17, 15) is 4.79 Å². The molecule has 1 heterocycles. The van der Waals surface area contributed by atoms with Crippen LogP contribution < -0.4 is 15.8 Å². The molecule has 0 saturated carbocycles. The van der Waals surface area contributed by atoms with Gasteiger partial charge in [-0.1, -0.05) is 12.1 Å². The Kier molecular flexibility index (Phi) is 5.14. The Morgan fingerprint density at radius 3 is 2.80 bits per heavy atom. The summed E-state index contributed by atoms with van der Waals surface area (Å²) in [4.78, 5) is 11.6. The minimum Gasteiger partial charge on any atom is -0.484 e. The molecule has 0 bridgehead atoms. The third-order valence-electron chi connectivity index (χ3n) is 2.75. The van der Waals surface area contributed by atoms with E-state index in [1.54, 1.807) is 23.0 Å². The second-order valence-electron chi connectivity index (χ2n) is 4.26. The topological polar surface area (TPSA) is 82.2 Å². The van der Waals surface area contributed by atoms with Crippen molar-refractivity contribution in [1.82, 2.24) is 15.1 Å². The number of ether oxygens (including phenoxy) is 1. The van der Waals surface area contributed by atoms with Crippen molar-refractivity contribution in [2.75, 3.05) is 13.2 Å². The standard InChI is InChI=1S/C14H18N4O2/c15-10-12-2-4-13(5-3-12)20-11-14(19)16-7-9-18-8-1-6-17-18/h1-6,8H,7,9-11,15H2,(H,16,19). The SMILES string of the molecule is NCc1ccc(OCC(=O)NCCn2cccn2)cc1. The fourth-order valence-corrected chi connectivity index (χ4v) is 1.66. The summed E-state index contributed by atoms with van der Waals surface area (Å²) >= 11 is 0. The van der Waals surface area contributed by atoms with Gasteiger partial charge in [-0.15, -0.1) is 0 Å². The Morgan fingerprint density at radius 1 is 1.35 bits per heavy atom. The number of hydrogen-bond acceptors (Lipinski definition) is 4. The highest BCUT2D eigenvalue weighted by atomic mass is 16.5. The molecule has 0 atom stereocenters. The van der Waals surface area contributed by atoms with Crippen LogP contribution >= 0.6 is 0 Å². The molecule has 0 unspecified atom stereocenters. The first-order valence-electron chi connectivity index (χ1n) is 6.44. The molecule has 20 heavy (non-hydrogen) atoms. The lowest BCUT2D eigenvalue weighted by Gasteiger charge is -2.08. The van der Waals surface area contributed by atoms with E-state index in [-0.39, 0.29) is 12.5 Å². The second kappa shape index (κ2) is 7.30. The Bertz CT molecular complexity index is 523. The molecule has 6 heteroatoms. The van der Waals surface area contributed by atoms with Gasteiger partial charge in [0.2, 0.25) is 0 Å². The van der Waals surface area contributed by atoms with Crippen LogP contribution in [0.25, 0.3) is 0 Å². The summed E-state index contributed by atoms with van der Waals surface area (Å²) < 4.78 is 7.14. The number of benzene rings is 1. The summed E-state index contributed by atoms with van der Waals surface area (Å²) in [5.41, 5.74) is 6.53. The van der Waals surface area contributed by atoms with Gasteiger partial charge in [-0.25, -0.2) is 0 Å². The number of nitrogens with two attached hydrogens (primary N) is 1. The van der Waals surface area contributed by atoms with Gasteiger partial charge in [0.1, 0.15) is 5.75 Å². The summed E-state index contributed by atoms with van der Waals surface area (Å²) in [6.45, 7) is 1.66. The van der Waals surface area contributed by atoms with Crippen molar-refractivity contribution in [3.63, 3.8) is 0 Å². The molecule has 106 valence electrons. The van der Waals surface area contributed by atoms with E-state index in [1.165, 1.54) is 0 Å². The number of hydrogen-bond donors (Lipinski definition) is 2. The number of aromatic nitrogens is 2. The van der Waals surface area contributed by atoms with Crippen LogP contribution in [0.4, 0.5) is 0 Å². The van der Waals surface area contributed by atoms with E-state index in [0.717, 1.165) is 5.56 Å². The first kappa shape index (κ1) is 14.1. The molecule has 1 amide bonds. The molecular weight excluding hydrogens is 256 g/mol. The normalized spacial score (nSPS) is 10.2. The third-order valence-corrected chi connectivity index (χ3v) is 2.75. The quantitative estimate of drug-likeness (QED) is 0.772. The van der Waals surface area contributed by atoms with Crippen LogP contribution in [0.5, 0.6) is 5.75 Å². The Balaban J connectivity index is 1.66. The molecule has 0 aliphatic rings. The zero-order chi connectivity index (χ0) is 14.2. The predicted octanol–water partition coefficient (Wildman–Crippen LogP) is 0.537. The van der Waals surface area contributed by atoms with Crippen molar-refractivity contribution in [2.45, 2.75) is 13.1 Å². The molecule has 1 aromatic heterocycles. The van der Waals surface area contributed by atoms with E-state index in [4.69, 9.17) is 10.5 Å². The van der Waals surface area contributed by atoms with Crippen molar-refractivity contribution in [3.8, 4) is 5.75 Å². The molecule has 0 fully saturated rings. The van der Waals surface area contributed by atoms with Crippen molar-refractivity contribution in [3.05, 3.63) is 48.3 Å². The molecule has 2 aromatic rings. The second-order valence-corrected chi connectivity index (χ2v) is 4.26. The lowest BCUT2D eigenvalue weighted by atomic mass is 10.2. The van der Waals surface area contributed by atoms with Crippen LogP contribution in [0, 0.1) is 0 Å². The lowest BCUT2D eigenvalue weighted by Crippen LogP contribution is -2.31. The van der Waals surface area contributed by atoms with Gasteiger partial charge in [0.15, 0.2) is 6.61 Å². The van der Waals surface area contributed by atoms with Crippen LogP contribution in [-0.4, -0.2) is 28.8 Å². The molecule has 0 spiro atoms. The van der Waals surface area contributed by atoms with Crippen LogP contribution in [0.2, 0.25) is 0 Å². The maximum atomic E-state index is 11.6. The molecule has 3 N–H and O–H groups in total. The zero-order valence-corrected chi connectivity index (χ0v) is 11.2. The van der Waals surface area contributed by atoms with Gasteiger partial charge < -0.3 is 15.8 Å². The highest BCUT2D eigenvalue weighted by Crippen LogP contribution is 2.11. The third kappa shape index (κ3) is 4.40. The maximum absolute atomic E-state index is 11.6. The molecule has 6 nitrogen and oxygen atoms in total. The average molecular weight is 274 g/mol.